The fourth-order valence-electron chi connectivity index (χ4n) is 0.715. The van der Waals surface area contributed by atoms with E-state index in [0.29, 0.717) is 13.2 Å². The third-order valence-electron chi connectivity index (χ3n) is 1.33. The first-order valence-corrected chi connectivity index (χ1v) is 4.73. The molecule has 86 valence electrons. The zero-order chi connectivity index (χ0) is 11.5. The second kappa shape index (κ2) is 9.21. The van der Waals surface area contributed by atoms with Crippen LogP contribution < -0.4 is 0 Å². The first-order valence-electron chi connectivity index (χ1n) is 4.73. The Morgan fingerprint density at radius 1 is 1.20 bits per heavy atom. The molecular weight excluding hydrogens is 200 g/mol. The van der Waals surface area contributed by atoms with E-state index in [-0.39, 0.29) is 13.2 Å². The predicted molar refractivity (Wildman–Crippen MR) is 53.2 cm³/mol. The summed E-state index contributed by atoms with van der Waals surface area (Å²) in [6.45, 7) is 4.27. The van der Waals surface area contributed by atoms with Gasteiger partial charge in [0.25, 0.3) is 0 Å². The van der Waals surface area contributed by atoms with Gasteiger partial charge in [0.2, 0.25) is 0 Å². The van der Waals surface area contributed by atoms with Crippen molar-refractivity contribution >= 4 is 11.9 Å². The van der Waals surface area contributed by atoms with Crippen LogP contribution in [0.4, 0.5) is 0 Å². The van der Waals surface area contributed by atoms with E-state index in [1.807, 2.05) is 6.92 Å². The number of rotatable bonds is 7. The summed E-state index contributed by atoms with van der Waals surface area (Å²) in [5.41, 5.74) is 0. The van der Waals surface area contributed by atoms with Gasteiger partial charge in [0, 0.05) is 12.7 Å². The Kier molecular flexibility index (Phi) is 8.37. The summed E-state index contributed by atoms with van der Waals surface area (Å²) in [5.74, 6) is -1.13. The molecule has 0 fully saturated rings. The van der Waals surface area contributed by atoms with Crippen molar-refractivity contribution in [3.63, 3.8) is 0 Å². The fraction of sp³-hybridized carbons (Fsp3) is 0.600. The average molecular weight is 216 g/mol. The zero-order valence-electron chi connectivity index (χ0n) is 9.02. The van der Waals surface area contributed by atoms with E-state index in [0.717, 1.165) is 0 Å². The van der Waals surface area contributed by atoms with Crippen molar-refractivity contribution in [3.05, 3.63) is 12.2 Å². The lowest BCUT2D eigenvalue weighted by atomic mass is 10.5. The molecule has 0 unspecified atom stereocenters. The molecule has 0 aliphatic heterocycles. The Balaban J connectivity index is 3.45. The maximum Gasteiger partial charge on any atom is 0.344 e. The summed E-state index contributed by atoms with van der Waals surface area (Å²) in [7, 11) is 0. The molecule has 0 aromatic heterocycles. The molecule has 0 bridgehead atoms. The van der Waals surface area contributed by atoms with E-state index in [1.54, 1.807) is 6.92 Å². The van der Waals surface area contributed by atoms with Crippen LogP contribution in [0, 0.1) is 0 Å². The molecule has 0 spiro atoms. The topological polar surface area (TPSA) is 61.8 Å². The van der Waals surface area contributed by atoms with Crippen molar-refractivity contribution in [1.29, 1.82) is 0 Å². The lowest BCUT2D eigenvalue weighted by molar-refractivity contribution is -0.157. The molecule has 15 heavy (non-hydrogen) atoms. The number of hydrogen-bond acceptors (Lipinski definition) is 5. The van der Waals surface area contributed by atoms with E-state index in [4.69, 9.17) is 9.47 Å². The highest BCUT2D eigenvalue weighted by molar-refractivity contribution is 5.84. The highest BCUT2D eigenvalue weighted by atomic mass is 16.6. The molecule has 0 heterocycles. The molecule has 0 atom stereocenters. The summed E-state index contributed by atoms with van der Waals surface area (Å²) in [4.78, 5) is 21.7. The summed E-state index contributed by atoms with van der Waals surface area (Å²) < 4.78 is 14.2. The molecule has 0 N–H and O–H groups in total. The van der Waals surface area contributed by atoms with Crippen LogP contribution in [0.2, 0.25) is 0 Å². The van der Waals surface area contributed by atoms with Crippen LogP contribution in [-0.2, 0) is 23.8 Å². The number of carbonyl (C=O) groups is 2. The average Bonchev–Trinajstić information content (AvgIpc) is 2.22. The summed E-state index contributed by atoms with van der Waals surface area (Å²) in [6.07, 6.45) is 2.76. The van der Waals surface area contributed by atoms with Crippen LogP contribution in [-0.4, -0.2) is 38.4 Å². The van der Waals surface area contributed by atoms with E-state index >= 15 is 0 Å². The molecule has 0 aliphatic carbocycles. The van der Waals surface area contributed by atoms with E-state index in [9.17, 15) is 9.59 Å². The molecule has 0 aromatic rings. The van der Waals surface area contributed by atoms with Gasteiger partial charge in [-0.3, -0.25) is 0 Å². The minimum Gasteiger partial charge on any atom is -0.461 e. The third-order valence-corrected chi connectivity index (χ3v) is 1.33. The van der Waals surface area contributed by atoms with Gasteiger partial charge in [-0.25, -0.2) is 9.59 Å². The van der Waals surface area contributed by atoms with Gasteiger partial charge in [0.1, 0.15) is 6.61 Å². The Bertz CT molecular complexity index is 222. The molecule has 0 saturated carbocycles. The lowest BCUT2D eigenvalue weighted by Crippen LogP contribution is -2.17. The largest absolute Gasteiger partial charge is 0.461 e. The van der Waals surface area contributed by atoms with Crippen LogP contribution in [0.5, 0.6) is 0 Å². The van der Waals surface area contributed by atoms with Gasteiger partial charge in [-0.2, -0.15) is 0 Å². The van der Waals surface area contributed by atoms with Gasteiger partial charge in [-0.05, 0) is 13.8 Å². The maximum atomic E-state index is 10.9. The first-order chi connectivity index (χ1) is 7.20. The molecule has 5 nitrogen and oxygen atoms in total. The van der Waals surface area contributed by atoms with Gasteiger partial charge in [0.05, 0.1) is 6.61 Å². The van der Waals surface area contributed by atoms with Crippen molar-refractivity contribution in [1.82, 2.24) is 0 Å². The van der Waals surface area contributed by atoms with Crippen molar-refractivity contribution in [2.45, 2.75) is 13.8 Å². The van der Waals surface area contributed by atoms with Gasteiger partial charge >= 0.3 is 11.9 Å². The van der Waals surface area contributed by atoms with Crippen molar-refractivity contribution in [2.75, 3.05) is 26.4 Å². The van der Waals surface area contributed by atoms with Crippen molar-refractivity contribution < 1.29 is 23.8 Å². The smallest absolute Gasteiger partial charge is 0.344 e. The molecule has 0 aliphatic rings. The summed E-state index contributed by atoms with van der Waals surface area (Å²) >= 11 is 0. The Morgan fingerprint density at radius 3 is 2.53 bits per heavy atom. The SMILES string of the molecule is C/C=C\C(=O)OCC(=O)OCCOCC. The zero-order valence-corrected chi connectivity index (χ0v) is 9.02. The van der Waals surface area contributed by atoms with Crippen LogP contribution in [0.3, 0.4) is 0 Å². The second-order valence-electron chi connectivity index (χ2n) is 2.53. The molecular formula is C10H16O5. The monoisotopic (exact) mass is 216 g/mol. The lowest BCUT2D eigenvalue weighted by Gasteiger charge is -2.04. The molecule has 0 aromatic carbocycles. The van der Waals surface area contributed by atoms with Gasteiger partial charge < -0.3 is 14.2 Å². The van der Waals surface area contributed by atoms with Crippen molar-refractivity contribution in [3.8, 4) is 0 Å². The van der Waals surface area contributed by atoms with E-state index in [2.05, 4.69) is 4.74 Å². The quantitative estimate of drug-likeness (QED) is 0.356. The molecule has 5 heteroatoms. The highest BCUT2D eigenvalue weighted by Crippen LogP contribution is 1.86. The van der Waals surface area contributed by atoms with Gasteiger partial charge in [0.15, 0.2) is 6.61 Å². The Labute approximate surface area is 89.0 Å². The van der Waals surface area contributed by atoms with Crippen LogP contribution in [0.25, 0.3) is 0 Å². The molecule has 0 amide bonds. The first kappa shape index (κ1) is 13.6. The highest BCUT2D eigenvalue weighted by Gasteiger charge is 2.05. The second-order valence-corrected chi connectivity index (χ2v) is 2.53. The summed E-state index contributed by atoms with van der Waals surface area (Å²) in [5, 5.41) is 0. The number of esters is 2. The van der Waals surface area contributed by atoms with Crippen LogP contribution in [0.15, 0.2) is 12.2 Å². The van der Waals surface area contributed by atoms with E-state index in [1.165, 1.54) is 12.2 Å². The predicted octanol–water partition coefficient (Wildman–Crippen LogP) is 0.685. The molecule has 0 radical (unpaired) electrons. The number of carbonyl (C=O) groups excluding carboxylic acids is 2. The van der Waals surface area contributed by atoms with Gasteiger partial charge in [-0.1, -0.05) is 6.08 Å². The van der Waals surface area contributed by atoms with Crippen molar-refractivity contribution in [2.24, 2.45) is 0 Å². The summed E-state index contributed by atoms with van der Waals surface area (Å²) in [6, 6.07) is 0. The fourth-order valence-corrected chi connectivity index (χ4v) is 0.715. The molecule has 0 rings (SSSR count). The third kappa shape index (κ3) is 8.96. The normalized spacial score (nSPS) is 10.3. The van der Waals surface area contributed by atoms with E-state index < -0.39 is 11.9 Å². The number of allylic oxidation sites excluding steroid dienone is 1. The Hall–Kier alpha value is -1.36. The maximum absolute atomic E-state index is 10.9. The van der Waals surface area contributed by atoms with Gasteiger partial charge in [-0.15, -0.1) is 0 Å². The number of ether oxygens (including phenoxy) is 3. The minimum atomic E-state index is -0.576. The number of hydrogen-bond donors (Lipinski definition) is 0. The van der Waals surface area contributed by atoms with Crippen LogP contribution in [0.1, 0.15) is 13.8 Å². The minimum absolute atomic E-state index is 0.174. The standard InChI is InChI=1S/C10H16O5/c1-3-5-9(11)15-8-10(12)14-7-6-13-4-2/h3,5H,4,6-8H2,1-2H3/b5-3-. The van der Waals surface area contributed by atoms with Crippen LogP contribution >= 0.6 is 0 Å². The molecule has 0 saturated heterocycles. The Morgan fingerprint density at radius 2 is 1.93 bits per heavy atom.